The fraction of sp³-hybridized carbons (Fsp3) is 0.200. The SMILES string of the molecule is NCN1C(=O)C=CC1=O. The number of nitrogens with two attached hydrogens (primary N) is 1. The highest BCUT2D eigenvalue weighted by Gasteiger charge is 2.20. The zero-order chi connectivity index (χ0) is 6.85. The van der Waals surface area contributed by atoms with E-state index in [4.69, 9.17) is 5.73 Å². The molecule has 2 N–H and O–H groups in total. The largest absolute Gasteiger partial charge is 0.313 e. The second-order valence-corrected chi connectivity index (χ2v) is 1.62. The van der Waals surface area contributed by atoms with Gasteiger partial charge in [0.15, 0.2) is 0 Å². The topological polar surface area (TPSA) is 63.4 Å². The van der Waals surface area contributed by atoms with Crippen LogP contribution in [0.15, 0.2) is 12.2 Å². The third kappa shape index (κ3) is 0.837. The smallest absolute Gasteiger partial charge is 0.254 e. The summed E-state index contributed by atoms with van der Waals surface area (Å²) in [4.78, 5) is 22.1. The molecule has 1 aliphatic rings. The average molecular weight is 126 g/mol. The zero-order valence-corrected chi connectivity index (χ0v) is 4.70. The van der Waals surface area contributed by atoms with Crippen molar-refractivity contribution in [2.75, 3.05) is 6.67 Å². The standard InChI is InChI=1S/C5H6N2O2/c6-3-7-4(8)1-2-5(7)9/h1-2H,3,6H2. The van der Waals surface area contributed by atoms with Gasteiger partial charge in [0, 0.05) is 12.2 Å². The molecule has 4 nitrogen and oxygen atoms in total. The number of carbonyl (C=O) groups is 2. The van der Waals surface area contributed by atoms with Crippen LogP contribution in [0.3, 0.4) is 0 Å². The molecule has 0 aliphatic carbocycles. The number of hydrogen-bond acceptors (Lipinski definition) is 3. The maximum Gasteiger partial charge on any atom is 0.254 e. The highest BCUT2D eigenvalue weighted by molar-refractivity contribution is 6.12. The molecule has 0 fully saturated rings. The van der Waals surface area contributed by atoms with Gasteiger partial charge in [0.2, 0.25) is 0 Å². The lowest BCUT2D eigenvalue weighted by Gasteiger charge is -2.07. The van der Waals surface area contributed by atoms with Crippen molar-refractivity contribution in [3.05, 3.63) is 12.2 Å². The summed E-state index contributed by atoms with van der Waals surface area (Å²) in [5.41, 5.74) is 5.06. The Hall–Kier alpha value is -1.16. The number of imide groups is 1. The Balaban J connectivity index is 2.75. The number of rotatable bonds is 1. The first-order valence-electron chi connectivity index (χ1n) is 2.49. The lowest BCUT2D eigenvalue weighted by molar-refractivity contribution is -0.136. The van der Waals surface area contributed by atoms with Crippen LogP contribution in [0.1, 0.15) is 0 Å². The molecule has 1 heterocycles. The first kappa shape index (κ1) is 5.97. The molecule has 1 rings (SSSR count). The van der Waals surface area contributed by atoms with Crippen LogP contribution in [-0.4, -0.2) is 23.4 Å². The van der Waals surface area contributed by atoms with E-state index in [1.165, 1.54) is 12.2 Å². The van der Waals surface area contributed by atoms with E-state index in [9.17, 15) is 9.59 Å². The van der Waals surface area contributed by atoms with Crippen molar-refractivity contribution in [1.29, 1.82) is 0 Å². The van der Waals surface area contributed by atoms with Gasteiger partial charge < -0.3 is 5.73 Å². The summed E-state index contributed by atoms with van der Waals surface area (Å²) >= 11 is 0. The van der Waals surface area contributed by atoms with E-state index in [0.717, 1.165) is 4.90 Å². The summed E-state index contributed by atoms with van der Waals surface area (Å²) in [5.74, 6) is -0.662. The van der Waals surface area contributed by atoms with Gasteiger partial charge >= 0.3 is 0 Å². The van der Waals surface area contributed by atoms with Crippen molar-refractivity contribution in [2.45, 2.75) is 0 Å². The van der Waals surface area contributed by atoms with Gasteiger partial charge in [-0.15, -0.1) is 0 Å². The van der Waals surface area contributed by atoms with Gasteiger partial charge in [-0.3, -0.25) is 14.5 Å². The minimum atomic E-state index is -0.331. The average Bonchev–Trinajstić information content (AvgIpc) is 2.12. The zero-order valence-electron chi connectivity index (χ0n) is 4.70. The van der Waals surface area contributed by atoms with Crippen LogP contribution in [0.5, 0.6) is 0 Å². The van der Waals surface area contributed by atoms with E-state index in [1.54, 1.807) is 0 Å². The molecule has 0 aromatic rings. The summed E-state index contributed by atoms with van der Waals surface area (Å²) < 4.78 is 0. The molecule has 0 radical (unpaired) electrons. The second kappa shape index (κ2) is 1.99. The highest BCUT2D eigenvalue weighted by Crippen LogP contribution is 1.99. The molecule has 0 aromatic carbocycles. The van der Waals surface area contributed by atoms with Crippen LogP contribution in [-0.2, 0) is 9.59 Å². The van der Waals surface area contributed by atoms with E-state index in [1.807, 2.05) is 0 Å². The Labute approximate surface area is 51.9 Å². The van der Waals surface area contributed by atoms with Crippen molar-refractivity contribution in [3.8, 4) is 0 Å². The van der Waals surface area contributed by atoms with E-state index in [2.05, 4.69) is 0 Å². The number of amides is 2. The van der Waals surface area contributed by atoms with Crippen molar-refractivity contribution in [1.82, 2.24) is 4.90 Å². The molecular weight excluding hydrogens is 120 g/mol. The molecule has 0 atom stereocenters. The molecule has 0 spiro atoms. The first-order chi connectivity index (χ1) is 4.25. The summed E-state index contributed by atoms with van der Waals surface area (Å²) in [6.45, 7) is -0.0370. The quantitative estimate of drug-likeness (QED) is 0.450. The van der Waals surface area contributed by atoms with E-state index >= 15 is 0 Å². The predicted molar refractivity (Wildman–Crippen MR) is 30.0 cm³/mol. The lowest BCUT2D eigenvalue weighted by Crippen LogP contribution is -2.35. The first-order valence-corrected chi connectivity index (χ1v) is 2.49. The Morgan fingerprint density at radius 3 is 2.00 bits per heavy atom. The maximum absolute atomic E-state index is 10.6. The van der Waals surface area contributed by atoms with Crippen molar-refractivity contribution in [2.24, 2.45) is 5.73 Å². The third-order valence-electron chi connectivity index (χ3n) is 1.08. The number of nitrogens with zero attached hydrogens (tertiary/aromatic N) is 1. The summed E-state index contributed by atoms with van der Waals surface area (Å²) in [5, 5.41) is 0. The van der Waals surface area contributed by atoms with Crippen LogP contribution < -0.4 is 5.73 Å². The Kier molecular flexibility index (Phi) is 1.32. The molecule has 0 aromatic heterocycles. The molecule has 2 amide bonds. The van der Waals surface area contributed by atoms with E-state index in [-0.39, 0.29) is 18.5 Å². The van der Waals surface area contributed by atoms with E-state index < -0.39 is 0 Å². The monoisotopic (exact) mass is 126 g/mol. The molecule has 9 heavy (non-hydrogen) atoms. The van der Waals surface area contributed by atoms with Crippen LogP contribution in [0.4, 0.5) is 0 Å². The van der Waals surface area contributed by atoms with Gasteiger partial charge in [-0.1, -0.05) is 0 Å². The van der Waals surface area contributed by atoms with Crippen molar-refractivity contribution >= 4 is 11.8 Å². The van der Waals surface area contributed by atoms with Gasteiger partial charge in [-0.25, -0.2) is 0 Å². The van der Waals surface area contributed by atoms with Crippen LogP contribution in [0, 0.1) is 0 Å². The summed E-state index contributed by atoms with van der Waals surface area (Å²) in [7, 11) is 0. The molecule has 0 saturated heterocycles. The molecule has 4 heteroatoms. The van der Waals surface area contributed by atoms with Gasteiger partial charge in [0.25, 0.3) is 11.8 Å². The summed E-state index contributed by atoms with van der Waals surface area (Å²) in [6, 6.07) is 0. The molecule has 0 bridgehead atoms. The molecule has 0 saturated carbocycles. The second-order valence-electron chi connectivity index (χ2n) is 1.62. The molecule has 48 valence electrons. The van der Waals surface area contributed by atoms with Crippen molar-refractivity contribution in [3.63, 3.8) is 0 Å². The van der Waals surface area contributed by atoms with Gasteiger partial charge in [0.05, 0.1) is 6.67 Å². The number of hydrogen-bond donors (Lipinski definition) is 1. The lowest BCUT2D eigenvalue weighted by atomic mass is 10.6. The molecule has 0 unspecified atom stereocenters. The minimum absolute atomic E-state index is 0.0370. The van der Waals surface area contributed by atoms with Crippen LogP contribution in [0.2, 0.25) is 0 Å². The normalized spacial score (nSPS) is 17.7. The fourth-order valence-corrected chi connectivity index (χ4v) is 0.611. The Morgan fingerprint density at radius 2 is 1.78 bits per heavy atom. The minimum Gasteiger partial charge on any atom is -0.313 e. The fourth-order valence-electron chi connectivity index (χ4n) is 0.611. The van der Waals surface area contributed by atoms with Gasteiger partial charge in [-0.05, 0) is 0 Å². The highest BCUT2D eigenvalue weighted by atomic mass is 16.2. The molecular formula is C5H6N2O2. The third-order valence-corrected chi connectivity index (χ3v) is 1.08. The molecule has 1 aliphatic heterocycles. The Morgan fingerprint density at radius 1 is 1.33 bits per heavy atom. The number of carbonyl (C=O) groups excluding carboxylic acids is 2. The summed E-state index contributed by atoms with van der Waals surface area (Å²) in [6.07, 6.45) is 2.41. The van der Waals surface area contributed by atoms with E-state index in [0.29, 0.717) is 0 Å². The van der Waals surface area contributed by atoms with Crippen LogP contribution in [0.25, 0.3) is 0 Å². The van der Waals surface area contributed by atoms with Gasteiger partial charge in [0.1, 0.15) is 0 Å². The predicted octanol–water partition coefficient (Wildman–Crippen LogP) is -1.17. The Bertz CT molecular complexity index is 167. The van der Waals surface area contributed by atoms with Gasteiger partial charge in [-0.2, -0.15) is 0 Å². The van der Waals surface area contributed by atoms with Crippen molar-refractivity contribution < 1.29 is 9.59 Å². The van der Waals surface area contributed by atoms with Crippen LogP contribution >= 0.6 is 0 Å². The maximum atomic E-state index is 10.6.